The molecule has 1 aliphatic rings. The molecule has 0 amide bonds. The highest BCUT2D eigenvalue weighted by Gasteiger charge is 2.30. The fourth-order valence-electron chi connectivity index (χ4n) is 4.18. The van der Waals surface area contributed by atoms with E-state index in [0.29, 0.717) is 33.9 Å². The standard InChI is InChI=1S/C26H17N5O3S/c1-2-8-16(9-3-1)31-24(21-14-32-19-12-6-7-13-20(19)33-21)29-30-26(31)35-25-23-22(27-15-28-25)17-10-4-5-11-18(17)34-23/h1-13,15,21H,14H2/t21-/m1/s1. The van der Waals surface area contributed by atoms with Crippen molar-refractivity contribution < 1.29 is 13.9 Å². The van der Waals surface area contributed by atoms with Crippen molar-refractivity contribution in [2.45, 2.75) is 16.3 Å². The van der Waals surface area contributed by atoms with E-state index in [4.69, 9.17) is 13.9 Å². The predicted octanol–water partition coefficient (Wildman–Crippen LogP) is 5.62. The van der Waals surface area contributed by atoms with Crippen LogP contribution in [0.4, 0.5) is 0 Å². The van der Waals surface area contributed by atoms with Crippen molar-refractivity contribution in [1.29, 1.82) is 0 Å². The van der Waals surface area contributed by atoms with Crippen molar-refractivity contribution in [3.63, 3.8) is 0 Å². The summed E-state index contributed by atoms with van der Waals surface area (Å²) in [4.78, 5) is 8.96. The van der Waals surface area contributed by atoms with Gasteiger partial charge in [-0.3, -0.25) is 4.57 Å². The van der Waals surface area contributed by atoms with Gasteiger partial charge in [-0.2, -0.15) is 0 Å². The van der Waals surface area contributed by atoms with Crippen molar-refractivity contribution in [3.05, 3.63) is 91.0 Å². The van der Waals surface area contributed by atoms with Gasteiger partial charge in [0, 0.05) is 11.1 Å². The molecule has 0 spiro atoms. The normalized spacial score (nSPS) is 15.0. The zero-order valence-electron chi connectivity index (χ0n) is 18.2. The minimum Gasteiger partial charge on any atom is -0.485 e. The molecule has 1 aliphatic heterocycles. The number of ether oxygens (including phenoxy) is 2. The van der Waals surface area contributed by atoms with Gasteiger partial charge in [-0.25, -0.2) is 9.97 Å². The lowest BCUT2D eigenvalue weighted by atomic mass is 10.2. The maximum atomic E-state index is 6.25. The monoisotopic (exact) mass is 479 g/mol. The van der Waals surface area contributed by atoms with Crippen LogP contribution >= 0.6 is 11.8 Å². The first-order valence-corrected chi connectivity index (χ1v) is 11.9. The van der Waals surface area contributed by atoms with Crippen molar-refractivity contribution in [1.82, 2.24) is 24.7 Å². The Hall–Kier alpha value is -4.37. The van der Waals surface area contributed by atoms with Gasteiger partial charge in [0.1, 0.15) is 24.0 Å². The number of hydrogen-bond donors (Lipinski definition) is 0. The zero-order chi connectivity index (χ0) is 23.2. The number of furan rings is 1. The third-order valence-electron chi connectivity index (χ3n) is 5.78. The van der Waals surface area contributed by atoms with Gasteiger partial charge in [-0.15, -0.1) is 10.2 Å². The molecule has 8 nitrogen and oxygen atoms in total. The van der Waals surface area contributed by atoms with E-state index in [9.17, 15) is 0 Å². The fraction of sp³-hybridized carbons (Fsp3) is 0.0769. The highest BCUT2D eigenvalue weighted by atomic mass is 32.2. The van der Waals surface area contributed by atoms with E-state index in [-0.39, 0.29) is 0 Å². The molecule has 0 saturated heterocycles. The summed E-state index contributed by atoms with van der Waals surface area (Å²) in [5, 5.41) is 11.3. The average molecular weight is 480 g/mol. The lowest BCUT2D eigenvalue weighted by molar-refractivity contribution is 0.0835. The van der Waals surface area contributed by atoms with Crippen LogP contribution in [-0.4, -0.2) is 31.3 Å². The van der Waals surface area contributed by atoms with Gasteiger partial charge >= 0.3 is 0 Å². The van der Waals surface area contributed by atoms with Crippen LogP contribution < -0.4 is 9.47 Å². The van der Waals surface area contributed by atoms with Gasteiger partial charge in [0.25, 0.3) is 0 Å². The summed E-state index contributed by atoms with van der Waals surface area (Å²) in [5.41, 5.74) is 3.06. The van der Waals surface area contributed by atoms with Crippen LogP contribution in [-0.2, 0) is 0 Å². The number of hydrogen-bond acceptors (Lipinski definition) is 8. The molecule has 3 aromatic heterocycles. The first-order chi connectivity index (χ1) is 17.3. The molecule has 6 aromatic rings. The molecule has 0 aliphatic carbocycles. The summed E-state index contributed by atoms with van der Waals surface area (Å²) in [5.74, 6) is 2.04. The Kier molecular flexibility index (Phi) is 4.66. The van der Waals surface area contributed by atoms with Gasteiger partial charge in [0.05, 0.1) is 0 Å². The lowest BCUT2D eigenvalue weighted by Gasteiger charge is -2.26. The average Bonchev–Trinajstić information content (AvgIpc) is 3.51. The lowest BCUT2D eigenvalue weighted by Crippen LogP contribution is -2.24. The largest absolute Gasteiger partial charge is 0.485 e. The minimum absolute atomic E-state index is 0.327. The van der Waals surface area contributed by atoms with E-state index >= 15 is 0 Å². The van der Waals surface area contributed by atoms with Crippen molar-refractivity contribution in [2.75, 3.05) is 6.61 Å². The maximum Gasteiger partial charge on any atom is 0.202 e. The molecule has 0 bridgehead atoms. The van der Waals surface area contributed by atoms with E-state index in [1.807, 2.05) is 83.4 Å². The number of aromatic nitrogens is 5. The van der Waals surface area contributed by atoms with Crippen LogP contribution in [0.2, 0.25) is 0 Å². The van der Waals surface area contributed by atoms with E-state index in [1.165, 1.54) is 11.8 Å². The number of benzene rings is 3. The van der Waals surface area contributed by atoms with Gasteiger partial charge in [-0.1, -0.05) is 42.5 Å². The molecule has 0 saturated carbocycles. The van der Waals surface area contributed by atoms with Crippen molar-refractivity contribution in [3.8, 4) is 17.2 Å². The third-order valence-corrected chi connectivity index (χ3v) is 6.71. The van der Waals surface area contributed by atoms with E-state index in [0.717, 1.165) is 27.9 Å². The Labute approximate surface area is 203 Å². The Morgan fingerprint density at radius 2 is 1.63 bits per heavy atom. The van der Waals surface area contributed by atoms with Gasteiger partial charge in [0.2, 0.25) is 5.16 Å². The number of rotatable bonds is 4. The topological polar surface area (TPSA) is 88.1 Å². The molecule has 7 rings (SSSR count). The van der Waals surface area contributed by atoms with E-state index in [1.54, 1.807) is 6.33 Å². The molecule has 35 heavy (non-hydrogen) atoms. The molecule has 9 heteroatoms. The molecular formula is C26H17N5O3S. The Morgan fingerprint density at radius 1 is 0.829 bits per heavy atom. The van der Waals surface area contributed by atoms with Crippen LogP contribution in [0.1, 0.15) is 11.9 Å². The molecule has 0 unspecified atom stereocenters. The number of para-hydroxylation sites is 4. The first-order valence-electron chi connectivity index (χ1n) is 11.0. The SMILES string of the molecule is c1ccc(-n2c(Sc3ncnc4c3oc3ccccc34)nnc2[C@H]2COc3ccccc3O2)cc1. The predicted molar refractivity (Wildman–Crippen MR) is 130 cm³/mol. The molecule has 0 fully saturated rings. The quantitative estimate of drug-likeness (QED) is 0.301. The molecule has 4 heterocycles. The van der Waals surface area contributed by atoms with E-state index in [2.05, 4.69) is 20.2 Å². The Balaban J connectivity index is 1.33. The molecule has 0 N–H and O–H groups in total. The summed E-state index contributed by atoms with van der Waals surface area (Å²) in [7, 11) is 0. The van der Waals surface area contributed by atoms with E-state index < -0.39 is 6.10 Å². The van der Waals surface area contributed by atoms with Crippen LogP contribution in [0.3, 0.4) is 0 Å². The minimum atomic E-state index is -0.427. The van der Waals surface area contributed by atoms with Gasteiger partial charge < -0.3 is 13.9 Å². The molecule has 170 valence electrons. The van der Waals surface area contributed by atoms with Gasteiger partial charge in [0.15, 0.2) is 34.0 Å². The molecule has 1 atom stereocenters. The molecule has 3 aromatic carbocycles. The highest BCUT2D eigenvalue weighted by molar-refractivity contribution is 7.99. The second kappa shape index (κ2) is 8.14. The first kappa shape index (κ1) is 20.0. The summed E-state index contributed by atoms with van der Waals surface area (Å²) in [6.07, 6.45) is 1.12. The Morgan fingerprint density at radius 3 is 2.54 bits per heavy atom. The zero-order valence-corrected chi connectivity index (χ0v) is 19.1. The highest BCUT2D eigenvalue weighted by Crippen LogP contribution is 2.39. The van der Waals surface area contributed by atoms with Crippen molar-refractivity contribution in [2.24, 2.45) is 0 Å². The fourth-order valence-corrected chi connectivity index (χ4v) is 5.06. The molecule has 0 radical (unpaired) electrons. The van der Waals surface area contributed by atoms with Crippen LogP contribution in [0.25, 0.3) is 27.8 Å². The third kappa shape index (κ3) is 3.39. The summed E-state index contributed by atoms with van der Waals surface area (Å²) >= 11 is 1.37. The summed E-state index contributed by atoms with van der Waals surface area (Å²) in [6.45, 7) is 0.327. The second-order valence-electron chi connectivity index (χ2n) is 7.93. The Bertz CT molecular complexity index is 1680. The molecular weight excluding hydrogens is 462 g/mol. The second-order valence-corrected chi connectivity index (χ2v) is 8.89. The summed E-state index contributed by atoms with van der Waals surface area (Å²) in [6, 6.07) is 25.4. The van der Waals surface area contributed by atoms with Crippen LogP contribution in [0.15, 0.2) is 99.8 Å². The van der Waals surface area contributed by atoms with Crippen molar-refractivity contribution >= 4 is 33.8 Å². The number of fused-ring (bicyclic) bond motifs is 4. The number of nitrogens with zero attached hydrogens (tertiary/aromatic N) is 5. The maximum absolute atomic E-state index is 6.25. The summed E-state index contributed by atoms with van der Waals surface area (Å²) < 4.78 is 20.3. The van der Waals surface area contributed by atoms with Crippen LogP contribution in [0.5, 0.6) is 11.5 Å². The smallest absolute Gasteiger partial charge is 0.202 e. The van der Waals surface area contributed by atoms with Crippen LogP contribution in [0, 0.1) is 0 Å². The van der Waals surface area contributed by atoms with Gasteiger partial charge in [-0.05, 0) is 48.2 Å².